The van der Waals surface area contributed by atoms with Crippen molar-refractivity contribution in [2.24, 2.45) is 0 Å². The molecule has 0 saturated heterocycles. The van der Waals surface area contributed by atoms with Crippen LogP contribution in [-0.2, 0) is 0 Å². The topological polar surface area (TPSA) is 17.8 Å². The number of rotatable bonds is 2. The van der Waals surface area contributed by atoms with Gasteiger partial charge in [0, 0.05) is 6.04 Å². The molecule has 0 aliphatic heterocycles. The van der Waals surface area contributed by atoms with Crippen LogP contribution in [0.25, 0.3) is 11.3 Å². The minimum absolute atomic E-state index is 0.654. The van der Waals surface area contributed by atoms with Gasteiger partial charge in [-0.3, -0.25) is 0 Å². The summed E-state index contributed by atoms with van der Waals surface area (Å²) in [6, 6.07) is 11.2. The van der Waals surface area contributed by atoms with Gasteiger partial charge in [-0.05, 0) is 18.4 Å². The average Bonchev–Trinajstić information content (AvgIpc) is 2.90. The van der Waals surface area contributed by atoms with E-state index in [2.05, 4.69) is 39.9 Å². The summed E-state index contributed by atoms with van der Waals surface area (Å²) < 4.78 is 2.37. The second kappa shape index (κ2) is 4.74. The first-order valence-corrected chi connectivity index (χ1v) is 6.52. The summed E-state index contributed by atoms with van der Waals surface area (Å²) in [4.78, 5) is 4.34. The molecule has 0 amide bonds. The lowest BCUT2D eigenvalue weighted by Gasteiger charge is -2.24. The summed E-state index contributed by atoms with van der Waals surface area (Å²) in [6.07, 6.45) is 10.7. The predicted octanol–water partition coefficient (Wildman–Crippen LogP) is 4.06. The highest BCUT2D eigenvalue weighted by Gasteiger charge is 2.17. The smallest absolute Gasteiger partial charge is 0.0953 e. The van der Waals surface area contributed by atoms with Gasteiger partial charge in [0.2, 0.25) is 0 Å². The van der Waals surface area contributed by atoms with E-state index in [4.69, 9.17) is 0 Å². The van der Waals surface area contributed by atoms with E-state index in [-0.39, 0.29) is 0 Å². The fraction of sp³-hybridized carbons (Fsp3) is 0.400. The Morgan fingerprint density at radius 3 is 2.53 bits per heavy atom. The molecule has 3 rings (SSSR count). The highest BCUT2D eigenvalue weighted by molar-refractivity contribution is 5.58. The molecule has 0 bridgehead atoms. The standard InChI is InChI=1S/C15H18N2/c1-3-7-13(8-4-1)15-11-16-12-17(15)14-9-5-2-6-10-14/h1,3-4,7-8,11-12,14H,2,5-6,9-10H2. The van der Waals surface area contributed by atoms with Crippen molar-refractivity contribution in [2.45, 2.75) is 38.1 Å². The van der Waals surface area contributed by atoms with Crippen molar-refractivity contribution in [3.8, 4) is 11.3 Å². The van der Waals surface area contributed by atoms with Gasteiger partial charge in [0.1, 0.15) is 0 Å². The van der Waals surface area contributed by atoms with Crippen molar-refractivity contribution in [3.05, 3.63) is 42.9 Å². The second-order valence-corrected chi connectivity index (χ2v) is 4.84. The Morgan fingerprint density at radius 1 is 1.00 bits per heavy atom. The highest BCUT2D eigenvalue weighted by Crippen LogP contribution is 2.31. The lowest BCUT2D eigenvalue weighted by Crippen LogP contribution is -2.12. The van der Waals surface area contributed by atoms with Crippen LogP contribution < -0.4 is 0 Å². The lowest BCUT2D eigenvalue weighted by molar-refractivity contribution is 0.355. The second-order valence-electron chi connectivity index (χ2n) is 4.84. The predicted molar refractivity (Wildman–Crippen MR) is 69.8 cm³/mol. The van der Waals surface area contributed by atoms with Gasteiger partial charge in [-0.1, -0.05) is 49.6 Å². The molecular formula is C15H18N2. The highest BCUT2D eigenvalue weighted by atomic mass is 15.1. The molecule has 1 saturated carbocycles. The summed E-state index contributed by atoms with van der Waals surface area (Å²) in [5, 5.41) is 0. The van der Waals surface area contributed by atoms with Gasteiger partial charge in [-0.15, -0.1) is 0 Å². The van der Waals surface area contributed by atoms with E-state index in [1.165, 1.54) is 43.4 Å². The van der Waals surface area contributed by atoms with Crippen LogP contribution in [0.4, 0.5) is 0 Å². The molecule has 1 fully saturated rings. The van der Waals surface area contributed by atoms with Crippen molar-refractivity contribution < 1.29 is 0 Å². The largest absolute Gasteiger partial charge is 0.328 e. The first kappa shape index (κ1) is 10.6. The zero-order valence-electron chi connectivity index (χ0n) is 10.0. The van der Waals surface area contributed by atoms with Crippen molar-refractivity contribution in [2.75, 3.05) is 0 Å². The fourth-order valence-corrected chi connectivity index (χ4v) is 2.79. The Labute approximate surface area is 102 Å². The van der Waals surface area contributed by atoms with Gasteiger partial charge >= 0.3 is 0 Å². The third-order valence-electron chi connectivity index (χ3n) is 3.70. The Hall–Kier alpha value is -1.57. The maximum absolute atomic E-state index is 4.34. The summed E-state index contributed by atoms with van der Waals surface area (Å²) in [5.41, 5.74) is 2.54. The van der Waals surface area contributed by atoms with E-state index < -0.39 is 0 Å². The van der Waals surface area contributed by atoms with E-state index in [1.54, 1.807) is 0 Å². The molecule has 0 radical (unpaired) electrons. The lowest BCUT2D eigenvalue weighted by atomic mass is 9.95. The molecule has 2 aromatic rings. The van der Waals surface area contributed by atoms with Crippen LogP contribution in [0.1, 0.15) is 38.1 Å². The summed E-state index contributed by atoms with van der Waals surface area (Å²) >= 11 is 0. The minimum atomic E-state index is 0.654. The van der Waals surface area contributed by atoms with E-state index in [1.807, 2.05) is 12.5 Å². The summed E-state index contributed by atoms with van der Waals surface area (Å²) in [6.45, 7) is 0. The van der Waals surface area contributed by atoms with Crippen LogP contribution in [0.15, 0.2) is 42.9 Å². The fourth-order valence-electron chi connectivity index (χ4n) is 2.79. The van der Waals surface area contributed by atoms with Gasteiger partial charge < -0.3 is 4.57 Å². The molecular weight excluding hydrogens is 208 g/mol. The van der Waals surface area contributed by atoms with Gasteiger partial charge in [0.05, 0.1) is 18.2 Å². The van der Waals surface area contributed by atoms with E-state index >= 15 is 0 Å². The molecule has 1 aromatic carbocycles. The van der Waals surface area contributed by atoms with Crippen LogP contribution in [-0.4, -0.2) is 9.55 Å². The molecule has 0 atom stereocenters. The molecule has 2 heteroatoms. The normalized spacial score (nSPS) is 17.2. The van der Waals surface area contributed by atoms with Crippen LogP contribution in [0.2, 0.25) is 0 Å². The monoisotopic (exact) mass is 226 g/mol. The van der Waals surface area contributed by atoms with Gasteiger partial charge in [0.25, 0.3) is 0 Å². The van der Waals surface area contributed by atoms with Gasteiger partial charge in [-0.2, -0.15) is 0 Å². The minimum Gasteiger partial charge on any atom is -0.328 e. The SMILES string of the molecule is c1ccc(-c2cncn2C2CCCCC2)cc1. The van der Waals surface area contributed by atoms with Crippen LogP contribution in [0, 0.1) is 0 Å². The van der Waals surface area contributed by atoms with Crippen molar-refractivity contribution in [3.63, 3.8) is 0 Å². The molecule has 0 spiro atoms. The van der Waals surface area contributed by atoms with E-state index in [0.29, 0.717) is 6.04 Å². The molecule has 2 nitrogen and oxygen atoms in total. The quantitative estimate of drug-likeness (QED) is 0.755. The van der Waals surface area contributed by atoms with Gasteiger partial charge in [0.15, 0.2) is 0 Å². The first-order chi connectivity index (χ1) is 8.45. The molecule has 17 heavy (non-hydrogen) atoms. The zero-order chi connectivity index (χ0) is 11.5. The Bertz CT molecular complexity index is 467. The number of hydrogen-bond acceptors (Lipinski definition) is 1. The molecule has 0 unspecified atom stereocenters. The average molecular weight is 226 g/mol. The first-order valence-electron chi connectivity index (χ1n) is 6.52. The Kier molecular flexibility index (Phi) is 2.95. The Morgan fingerprint density at radius 2 is 1.76 bits per heavy atom. The van der Waals surface area contributed by atoms with E-state index in [9.17, 15) is 0 Å². The third kappa shape index (κ3) is 2.12. The number of aromatic nitrogens is 2. The number of hydrogen-bond donors (Lipinski definition) is 0. The molecule has 1 aromatic heterocycles. The van der Waals surface area contributed by atoms with Gasteiger partial charge in [-0.25, -0.2) is 4.98 Å². The number of nitrogens with zero attached hydrogens (tertiary/aromatic N) is 2. The van der Waals surface area contributed by atoms with Crippen LogP contribution in [0.5, 0.6) is 0 Å². The third-order valence-corrected chi connectivity index (χ3v) is 3.70. The molecule has 1 aliphatic carbocycles. The maximum atomic E-state index is 4.34. The molecule has 1 aliphatic rings. The zero-order valence-corrected chi connectivity index (χ0v) is 10.0. The number of imidazole rings is 1. The van der Waals surface area contributed by atoms with E-state index in [0.717, 1.165) is 0 Å². The molecule has 1 heterocycles. The Balaban J connectivity index is 1.93. The van der Waals surface area contributed by atoms with Crippen molar-refractivity contribution >= 4 is 0 Å². The molecule has 0 N–H and O–H groups in total. The summed E-state index contributed by atoms with van der Waals surface area (Å²) in [7, 11) is 0. The summed E-state index contributed by atoms with van der Waals surface area (Å²) in [5.74, 6) is 0. The maximum Gasteiger partial charge on any atom is 0.0953 e. The van der Waals surface area contributed by atoms with Crippen molar-refractivity contribution in [1.29, 1.82) is 0 Å². The number of benzene rings is 1. The van der Waals surface area contributed by atoms with Crippen LogP contribution >= 0.6 is 0 Å². The molecule has 88 valence electrons. The van der Waals surface area contributed by atoms with Crippen LogP contribution in [0.3, 0.4) is 0 Å². The van der Waals surface area contributed by atoms with Crippen molar-refractivity contribution in [1.82, 2.24) is 9.55 Å².